The van der Waals surface area contributed by atoms with Crippen molar-refractivity contribution >= 4 is 15.9 Å². The monoisotopic (exact) mass is 431 g/mol. The minimum Gasteiger partial charge on any atom is -0.352 e. The van der Waals surface area contributed by atoms with E-state index in [1.54, 1.807) is 12.1 Å². The predicted octanol–water partition coefficient (Wildman–Crippen LogP) is 3.03. The topological polar surface area (TPSA) is 78.5 Å². The molecule has 2 N–H and O–H groups in total. The second kappa shape index (κ2) is 10.2. The van der Waals surface area contributed by atoms with Gasteiger partial charge in [-0.15, -0.1) is 0 Å². The lowest BCUT2D eigenvalue weighted by Crippen LogP contribution is -2.30. The first-order valence-corrected chi connectivity index (χ1v) is 11.6. The molecule has 0 aliphatic carbocycles. The van der Waals surface area contributed by atoms with E-state index in [2.05, 4.69) is 35.7 Å². The van der Waals surface area contributed by atoms with Gasteiger partial charge in [0.2, 0.25) is 15.9 Å². The third kappa shape index (κ3) is 7.55. The van der Waals surface area contributed by atoms with Crippen LogP contribution in [0.4, 0.5) is 0 Å². The molecule has 0 bridgehead atoms. The summed E-state index contributed by atoms with van der Waals surface area (Å²) in [5.74, 6) is -0.196. The summed E-state index contributed by atoms with van der Waals surface area (Å²) in [4.78, 5) is 14.4. The average Bonchev–Trinajstić information content (AvgIpc) is 2.66. The van der Waals surface area contributed by atoms with Gasteiger partial charge in [0.25, 0.3) is 0 Å². The molecule has 0 atom stereocenters. The van der Waals surface area contributed by atoms with Crippen molar-refractivity contribution in [1.82, 2.24) is 14.9 Å². The molecule has 0 spiro atoms. The van der Waals surface area contributed by atoms with Crippen molar-refractivity contribution in [3.05, 3.63) is 65.2 Å². The van der Waals surface area contributed by atoms with Gasteiger partial charge in [-0.05, 0) is 48.3 Å². The maximum atomic E-state index is 12.4. The number of sulfonamides is 1. The molecule has 30 heavy (non-hydrogen) atoms. The third-order valence-corrected chi connectivity index (χ3v) is 6.16. The van der Waals surface area contributed by atoms with Crippen LogP contribution in [0.25, 0.3) is 0 Å². The molecule has 164 valence electrons. The number of nitrogens with zero attached hydrogens (tertiary/aromatic N) is 1. The van der Waals surface area contributed by atoms with Crippen LogP contribution < -0.4 is 10.0 Å². The number of carbonyl (C=O) groups excluding carboxylic acids is 1. The van der Waals surface area contributed by atoms with Crippen molar-refractivity contribution in [1.29, 1.82) is 0 Å². The van der Waals surface area contributed by atoms with Gasteiger partial charge in [-0.3, -0.25) is 4.79 Å². The Labute approximate surface area is 180 Å². The highest BCUT2D eigenvalue weighted by Crippen LogP contribution is 2.23. The van der Waals surface area contributed by atoms with Gasteiger partial charge >= 0.3 is 0 Å². The fraction of sp³-hybridized carbons (Fsp3) is 0.435. The Morgan fingerprint density at radius 1 is 0.933 bits per heavy atom. The van der Waals surface area contributed by atoms with Crippen LogP contribution in [0.5, 0.6) is 0 Å². The molecule has 2 aromatic carbocycles. The van der Waals surface area contributed by atoms with E-state index >= 15 is 0 Å². The van der Waals surface area contributed by atoms with E-state index in [-0.39, 0.29) is 29.2 Å². The summed E-state index contributed by atoms with van der Waals surface area (Å²) in [5.41, 5.74) is 3.24. The highest BCUT2D eigenvalue weighted by Gasteiger charge is 2.17. The normalized spacial score (nSPS) is 12.2. The molecule has 0 saturated heterocycles. The van der Waals surface area contributed by atoms with Crippen LogP contribution in [-0.4, -0.2) is 39.9 Å². The Balaban J connectivity index is 1.79. The van der Waals surface area contributed by atoms with Crippen LogP contribution in [0.3, 0.4) is 0 Å². The lowest BCUT2D eigenvalue weighted by Gasteiger charge is -2.19. The summed E-state index contributed by atoms with van der Waals surface area (Å²) in [6, 6.07) is 14.9. The first-order chi connectivity index (χ1) is 14.0. The summed E-state index contributed by atoms with van der Waals surface area (Å²) in [7, 11) is 0.400. The molecule has 7 heteroatoms. The van der Waals surface area contributed by atoms with E-state index in [4.69, 9.17) is 0 Å². The molecule has 0 heterocycles. The fourth-order valence-corrected chi connectivity index (χ4v) is 3.96. The van der Waals surface area contributed by atoms with Gasteiger partial charge in [-0.1, -0.05) is 57.2 Å². The predicted molar refractivity (Wildman–Crippen MR) is 121 cm³/mol. The minimum absolute atomic E-state index is 0.0412. The van der Waals surface area contributed by atoms with Crippen molar-refractivity contribution in [2.45, 2.75) is 50.6 Å². The molecule has 0 unspecified atom stereocenters. The average molecular weight is 432 g/mol. The molecule has 2 aromatic rings. The molecule has 0 saturated carbocycles. The number of carbonyl (C=O) groups is 1. The lowest BCUT2D eigenvalue weighted by molar-refractivity contribution is -0.121. The summed E-state index contributed by atoms with van der Waals surface area (Å²) in [5, 5.41) is 2.83. The third-order valence-electron chi connectivity index (χ3n) is 4.69. The molecular formula is C23H33N3O3S. The quantitative estimate of drug-likeness (QED) is 0.640. The molecule has 0 radical (unpaired) electrons. The standard InChI is InChI=1S/C23H33N3O3S/c1-23(2,3)20-10-12-21(13-11-20)30(28,29)25-15-14-22(27)24-16-18-6-8-19(9-7-18)17-26(4)5/h6-13,25H,14-17H2,1-5H3,(H,24,27). The van der Waals surface area contributed by atoms with Gasteiger partial charge in [0, 0.05) is 26.1 Å². The maximum absolute atomic E-state index is 12.4. The number of amides is 1. The highest BCUT2D eigenvalue weighted by molar-refractivity contribution is 7.89. The number of benzene rings is 2. The van der Waals surface area contributed by atoms with Crippen molar-refractivity contribution < 1.29 is 13.2 Å². The first-order valence-electron chi connectivity index (χ1n) is 10.1. The van der Waals surface area contributed by atoms with E-state index in [9.17, 15) is 13.2 Å². The van der Waals surface area contributed by atoms with Crippen LogP contribution in [0.15, 0.2) is 53.4 Å². The first kappa shape index (κ1) is 24.1. The smallest absolute Gasteiger partial charge is 0.240 e. The number of rotatable bonds is 9. The molecule has 0 fully saturated rings. The number of hydrogen-bond donors (Lipinski definition) is 2. The maximum Gasteiger partial charge on any atom is 0.240 e. The van der Waals surface area contributed by atoms with Gasteiger partial charge in [-0.25, -0.2) is 13.1 Å². The van der Waals surface area contributed by atoms with Crippen molar-refractivity contribution in [3.63, 3.8) is 0 Å². The second-order valence-corrected chi connectivity index (χ2v) is 10.5. The summed E-state index contributed by atoms with van der Waals surface area (Å²) < 4.78 is 27.3. The minimum atomic E-state index is -3.63. The summed E-state index contributed by atoms with van der Waals surface area (Å²) >= 11 is 0. The largest absolute Gasteiger partial charge is 0.352 e. The zero-order valence-corrected chi connectivity index (χ0v) is 19.3. The molecule has 0 aliphatic rings. The Bertz CT molecular complexity index is 929. The van der Waals surface area contributed by atoms with Gasteiger partial charge in [0.1, 0.15) is 0 Å². The zero-order valence-electron chi connectivity index (χ0n) is 18.5. The van der Waals surface area contributed by atoms with Crippen molar-refractivity contribution in [2.75, 3.05) is 20.6 Å². The summed E-state index contributed by atoms with van der Waals surface area (Å²) in [6.45, 7) is 7.56. The van der Waals surface area contributed by atoms with Gasteiger partial charge < -0.3 is 10.2 Å². The van der Waals surface area contributed by atoms with Crippen LogP contribution in [0.2, 0.25) is 0 Å². The molecular weight excluding hydrogens is 398 g/mol. The molecule has 2 rings (SSSR count). The van der Waals surface area contributed by atoms with E-state index in [1.807, 2.05) is 50.5 Å². The van der Waals surface area contributed by atoms with E-state index < -0.39 is 10.0 Å². The van der Waals surface area contributed by atoms with Crippen molar-refractivity contribution in [2.24, 2.45) is 0 Å². The van der Waals surface area contributed by atoms with E-state index in [0.29, 0.717) is 6.54 Å². The van der Waals surface area contributed by atoms with E-state index in [1.165, 1.54) is 5.56 Å². The Kier molecular flexibility index (Phi) is 8.18. The zero-order chi connectivity index (χ0) is 22.4. The van der Waals surface area contributed by atoms with Gasteiger partial charge in [-0.2, -0.15) is 0 Å². The van der Waals surface area contributed by atoms with Gasteiger partial charge in [0.15, 0.2) is 0 Å². The molecule has 1 amide bonds. The van der Waals surface area contributed by atoms with Crippen molar-refractivity contribution in [3.8, 4) is 0 Å². The molecule has 0 aromatic heterocycles. The second-order valence-electron chi connectivity index (χ2n) is 8.75. The number of nitrogens with one attached hydrogen (secondary N) is 2. The lowest BCUT2D eigenvalue weighted by atomic mass is 9.87. The van der Waals surface area contributed by atoms with Crippen LogP contribution in [-0.2, 0) is 33.3 Å². The van der Waals surface area contributed by atoms with Gasteiger partial charge in [0.05, 0.1) is 4.90 Å². The molecule has 0 aliphatic heterocycles. The van der Waals surface area contributed by atoms with E-state index in [0.717, 1.165) is 17.7 Å². The summed E-state index contributed by atoms with van der Waals surface area (Å²) in [6.07, 6.45) is 0.0814. The highest BCUT2D eigenvalue weighted by atomic mass is 32.2. The SMILES string of the molecule is CN(C)Cc1ccc(CNC(=O)CCNS(=O)(=O)c2ccc(C(C)(C)C)cc2)cc1. The van der Waals surface area contributed by atoms with Crippen LogP contribution >= 0.6 is 0 Å². The fourth-order valence-electron chi connectivity index (χ4n) is 2.93. The molecule has 6 nitrogen and oxygen atoms in total. The Morgan fingerprint density at radius 3 is 2.03 bits per heavy atom. The van der Waals surface area contributed by atoms with Crippen LogP contribution in [0, 0.1) is 0 Å². The van der Waals surface area contributed by atoms with Crippen LogP contribution in [0.1, 0.15) is 43.9 Å². The number of hydrogen-bond acceptors (Lipinski definition) is 4. The Morgan fingerprint density at radius 2 is 1.50 bits per heavy atom. The Hall–Kier alpha value is -2.22.